The molecular formula is C30H32N8O3S. The summed E-state index contributed by atoms with van der Waals surface area (Å²) in [7, 11) is -2.43. The van der Waals surface area contributed by atoms with Gasteiger partial charge in [0.15, 0.2) is 23.1 Å². The molecule has 12 heteroatoms. The molecule has 1 spiro atoms. The van der Waals surface area contributed by atoms with E-state index in [4.69, 9.17) is 4.98 Å². The molecule has 11 nitrogen and oxygen atoms in total. The maximum absolute atomic E-state index is 13.3. The first-order valence-electron chi connectivity index (χ1n) is 14.1. The van der Waals surface area contributed by atoms with E-state index in [1.165, 1.54) is 29.0 Å². The highest BCUT2D eigenvalue weighted by Crippen LogP contribution is 2.61. The van der Waals surface area contributed by atoms with Crippen molar-refractivity contribution in [3.63, 3.8) is 0 Å². The van der Waals surface area contributed by atoms with Crippen LogP contribution in [-0.2, 0) is 21.1 Å². The number of ketones is 1. The predicted octanol–water partition coefficient (Wildman–Crippen LogP) is 3.79. The van der Waals surface area contributed by atoms with Gasteiger partial charge in [0, 0.05) is 46.0 Å². The number of nitrogens with one attached hydrogen (secondary N) is 1. The van der Waals surface area contributed by atoms with Gasteiger partial charge < -0.3 is 5.32 Å². The van der Waals surface area contributed by atoms with Crippen LogP contribution in [0.1, 0.15) is 30.7 Å². The molecular weight excluding hydrogens is 552 g/mol. The van der Waals surface area contributed by atoms with Crippen molar-refractivity contribution in [1.82, 2.24) is 29.2 Å². The first-order valence-corrected chi connectivity index (χ1v) is 16.4. The van der Waals surface area contributed by atoms with Gasteiger partial charge in [-0.05, 0) is 62.2 Å². The van der Waals surface area contributed by atoms with Gasteiger partial charge in [-0.3, -0.25) is 14.5 Å². The van der Waals surface area contributed by atoms with Gasteiger partial charge in [-0.25, -0.2) is 23.5 Å². The maximum atomic E-state index is 13.3. The summed E-state index contributed by atoms with van der Waals surface area (Å²) >= 11 is 0. The number of rotatable bonds is 7. The van der Waals surface area contributed by atoms with Crippen molar-refractivity contribution in [1.29, 1.82) is 0 Å². The minimum Gasteiger partial charge on any atom is -0.324 e. The van der Waals surface area contributed by atoms with E-state index in [1.54, 1.807) is 29.0 Å². The summed E-state index contributed by atoms with van der Waals surface area (Å²) in [5.41, 5.74) is 1.78. The lowest BCUT2D eigenvalue weighted by Crippen LogP contribution is -2.58. The van der Waals surface area contributed by atoms with Crippen molar-refractivity contribution in [2.75, 3.05) is 30.9 Å². The van der Waals surface area contributed by atoms with Crippen LogP contribution in [0, 0.1) is 5.92 Å². The quantitative estimate of drug-likeness (QED) is 0.325. The fourth-order valence-corrected chi connectivity index (χ4v) is 7.21. The Balaban J connectivity index is 1.20. The fraction of sp³-hybridized carbons (Fsp3) is 0.367. The highest BCUT2D eigenvalue weighted by atomic mass is 32.2. The number of fused-ring (bicyclic) bond motifs is 3. The number of anilines is 2. The second-order valence-corrected chi connectivity index (χ2v) is 14.1. The number of piperidine rings is 3. The Labute approximate surface area is 243 Å². The van der Waals surface area contributed by atoms with Crippen LogP contribution in [0.2, 0.25) is 0 Å². The van der Waals surface area contributed by atoms with Gasteiger partial charge >= 0.3 is 0 Å². The molecule has 6 heterocycles. The van der Waals surface area contributed by atoms with Crippen molar-refractivity contribution >= 4 is 44.0 Å². The SMILES string of the molecule is C=CCn1c(=O)c2cnc(Nc3ccc(C4CC45C(=O)C4CCN5CC4)cc3)nc2n1-c1cccc(N=S(C)(C)=O)n1. The zero-order valence-corrected chi connectivity index (χ0v) is 24.4. The molecule has 216 valence electrons. The maximum Gasteiger partial charge on any atom is 0.278 e. The molecule has 42 heavy (non-hydrogen) atoms. The van der Waals surface area contributed by atoms with Gasteiger partial charge in [0.25, 0.3) is 5.56 Å². The van der Waals surface area contributed by atoms with Crippen LogP contribution in [-0.4, -0.2) is 70.3 Å². The van der Waals surface area contributed by atoms with Crippen molar-refractivity contribution in [3.05, 3.63) is 77.2 Å². The molecule has 0 radical (unpaired) electrons. The lowest BCUT2D eigenvalue weighted by atomic mass is 9.79. The third-order valence-electron chi connectivity index (χ3n) is 8.59. The second-order valence-electron chi connectivity index (χ2n) is 11.6. The Morgan fingerprint density at radius 1 is 1.12 bits per heavy atom. The summed E-state index contributed by atoms with van der Waals surface area (Å²) in [5.74, 6) is 1.94. The predicted molar refractivity (Wildman–Crippen MR) is 162 cm³/mol. The minimum absolute atomic E-state index is 0.226. The number of Topliss-reactive ketones (excluding diaryl/α,β-unsaturated/α-hetero) is 1. The van der Waals surface area contributed by atoms with Crippen LogP contribution in [0.4, 0.5) is 17.5 Å². The lowest BCUT2D eigenvalue weighted by molar-refractivity contribution is -0.139. The van der Waals surface area contributed by atoms with Gasteiger partial charge in [0.05, 0.1) is 12.1 Å². The molecule has 8 rings (SSSR count). The smallest absolute Gasteiger partial charge is 0.278 e. The van der Waals surface area contributed by atoms with E-state index in [0.29, 0.717) is 34.4 Å². The number of nitrogens with zero attached hydrogens (tertiary/aromatic N) is 7. The molecule has 1 N–H and O–H groups in total. The number of hydrogen-bond acceptors (Lipinski definition) is 9. The van der Waals surface area contributed by atoms with E-state index in [1.807, 2.05) is 12.1 Å². The van der Waals surface area contributed by atoms with E-state index in [-0.39, 0.29) is 29.5 Å². The van der Waals surface area contributed by atoms with Gasteiger partial charge in [0.2, 0.25) is 5.95 Å². The van der Waals surface area contributed by atoms with Gasteiger partial charge in [-0.15, -0.1) is 6.58 Å². The Morgan fingerprint density at radius 3 is 2.57 bits per heavy atom. The molecule has 3 aromatic heterocycles. The summed E-state index contributed by atoms with van der Waals surface area (Å²) in [6.45, 7) is 6.07. The summed E-state index contributed by atoms with van der Waals surface area (Å²) in [4.78, 5) is 42.5. The molecule has 2 bridgehead atoms. The minimum atomic E-state index is -2.43. The van der Waals surface area contributed by atoms with Crippen LogP contribution in [0.25, 0.3) is 16.9 Å². The summed E-state index contributed by atoms with van der Waals surface area (Å²) in [6, 6.07) is 13.3. The van der Waals surface area contributed by atoms with Crippen molar-refractivity contribution in [3.8, 4) is 5.82 Å². The number of carbonyl (C=O) groups is 1. The van der Waals surface area contributed by atoms with E-state index in [9.17, 15) is 13.8 Å². The molecule has 1 aliphatic carbocycles. The fourth-order valence-electron chi connectivity index (χ4n) is 6.66. The standard InChI is InChI=1S/C30H32N8O3S/c1-4-14-37-28(40)22-18-31-29(34-27(22)38(37)25-7-5-6-24(33-25)35-42(2,3)41)32-21-10-8-19(9-11-21)23-17-30(23)26(39)20-12-15-36(30)16-13-20/h4-11,18,20,23H,1,12-17H2,2-3H3,(H,31,32,34). The van der Waals surface area contributed by atoms with Crippen molar-refractivity contribution in [2.24, 2.45) is 10.3 Å². The van der Waals surface area contributed by atoms with E-state index < -0.39 is 9.73 Å². The van der Waals surface area contributed by atoms with Crippen LogP contribution in [0.3, 0.4) is 0 Å². The van der Waals surface area contributed by atoms with Crippen molar-refractivity contribution < 1.29 is 9.00 Å². The summed E-state index contributed by atoms with van der Waals surface area (Å²) < 4.78 is 19.6. The topological polar surface area (TPSA) is 127 Å². The van der Waals surface area contributed by atoms with Crippen LogP contribution < -0.4 is 10.9 Å². The Kier molecular flexibility index (Phi) is 6.17. The third-order valence-corrected chi connectivity index (χ3v) is 9.21. The monoisotopic (exact) mass is 584 g/mol. The Morgan fingerprint density at radius 2 is 1.88 bits per heavy atom. The zero-order chi connectivity index (χ0) is 29.2. The van der Waals surface area contributed by atoms with Crippen LogP contribution in [0.15, 0.2) is 70.5 Å². The number of hydrogen-bond donors (Lipinski definition) is 1. The van der Waals surface area contributed by atoms with Gasteiger partial charge in [-0.2, -0.15) is 9.35 Å². The first-order chi connectivity index (χ1) is 20.2. The average Bonchev–Trinajstić information content (AvgIpc) is 3.64. The van der Waals surface area contributed by atoms with Crippen molar-refractivity contribution in [2.45, 2.75) is 37.3 Å². The number of aromatic nitrogens is 5. The second kappa shape index (κ2) is 9.70. The molecule has 4 fully saturated rings. The Bertz CT molecular complexity index is 1920. The highest BCUT2D eigenvalue weighted by Gasteiger charge is 2.67. The average molecular weight is 585 g/mol. The molecule has 2 unspecified atom stereocenters. The molecule has 3 aliphatic heterocycles. The molecule has 0 amide bonds. The normalized spacial score (nSPS) is 24.7. The molecule has 2 atom stereocenters. The summed E-state index contributed by atoms with van der Waals surface area (Å²) in [6.07, 6.45) is 9.11. The first kappa shape index (κ1) is 26.7. The lowest BCUT2D eigenvalue weighted by Gasteiger charge is -2.45. The highest BCUT2D eigenvalue weighted by molar-refractivity contribution is 7.92. The molecule has 4 aliphatic rings. The van der Waals surface area contributed by atoms with Gasteiger partial charge in [-0.1, -0.05) is 24.3 Å². The summed E-state index contributed by atoms with van der Waals surface area (Å²) in [5, 5.41) is 3.58. The number of pyridine rings is 1. The van der Waals surface area contributed by atoms with Crippen LogP contribution in [0.5, 0.6) is 0 Å². The van der Waals surface area contributed by atoms with E-state index in [0.717, 1.165) is 38.0 Å². The number of benzene rings is 1. The van der Waals surface area contributed by atoms with Crippen LogP contribution >= 0.6 is 0 Å². The largest absolute Gasteiger partial charge is 0.324 e. The molecule has 1 aromatic carbocycles. The molecule has 3 saturated heterocycles. The zero-order valence-electron chi connectivity index (χ0n) is 23.6. The van der Waals surface area contributed by atoms with E-state index in [2.05, 4.69) is 43.3 Å². The number of allylic oxidation sites excluding steroid dienone is 1. The number of carbonyl (C=O) groups excluding carboxylic acids is 1. The Hall–Kier alpha value is -4.16. The molecule has 1 saturated carbocycles. The third kappa shape index (κ3) is 4.36. The van der Waals surface area contributed by atoms with Gasteiger partial charge in [0.1, 0.15) is 5.39 Å². The molecule has 4 aromatic rings. The van der Waals surface area contributed by atoms with E-state index >= 15 is 0 Å².